The highest BCUT2D eigenvalue weighted by Gasteiger charge is 2.19. The standard InChI is InChI=1S/C14H16ClFN4OS/c1-8(2)20-7-17-19-14(20)22-9(3)13(21)18-10-4-5-12(16)11(15)6-10/h4-9H,1-3H3,(H,18,21)/t9-/m1/s1. The Morgan fingerprint density at radius 3 is 2.77 bits per heavy atom. The van der Waals surface area contributed by atoms with E-state index in [4.69, 9.17) is 11.6 Å². The van der Waals surface area contributed by atoms with Crippen LogP contribution in [-0.4, -0.2) is 25.9 Å². The smallest absolute Gasteiger partial charge is 0.237 e. The number of hydrogen-bond acceptors (Lipinski definition) is 4. The minimum Gasteiger partial charge on any atom is -0.325 e. The van der Waals surface area contributed by atoms with E-state index in [1.54, 1.807) is 13.3 Å². The summed E-state index contributed by atoms with van der Waals surface area (Å²) in [7, 11) is 0. The van der Waals surface area contributed by atoms with E-state index in [0.717, 1.165) is 0 Å². The van der Waals surface area contributed by atoms with E-state index in [2.05, 4.69) is 15.5 Å². The van der Waals surface area contributed by atoms with Crippen molar-refractivity contribution in [3.8, 4) is 0 Å². The molecule has 2 rings (SSSR count). The van der Waals surface area contributed by atoms with Crippen molar-refractivity contribution in [2.24, 2.45) is 0 Å². The molecule has 1 aromatic heterocycles. The molecular formula is C14H16ClFN4OS. The van der Waals surface area contributed by atoms with Crippen molar-refractivity contribution in [2.75, 3.05) is 5.32 Å². The molecule has 0 unspecified atom stereocenters. The number of anilines is 1. The molecule has 2 aromatic rings. The zero-order valence-electron chi connectivity index (χ0n) is 12.4. The summed E-state index contributed by atoms with van der Waals surface area (Å²) < 4.78 is 15.0. The maximum Gasteiger partial charge on any atom is 0.237 e. The predicted octanol–water partition coefficient (Wildman–Crippen LogP) is 3.77. The molecule has 0 aliphatic carbocycles. The number of halogens is 2. The van der Waals surface area contributed by atoms with Crippen molar-refractivity contribution in [3.05, 3.63) is 35.4 Å². The van der Waals surface area contributed by atoms with Crippen molar-refractivity contribution in [1.29, 1.82) is 0 Å². The first-order valence-corrected chi connectivity index (χ1v) is 7.96. The third-order valence-electron chi connectivity index (χ3n) is 2.94. The van der Waals surface area contributed by atoms with Gasteiger partial charge in [0.05, 0.1) is 10.3 Å². The van der Waals surface area contributed by atoms with Crippen LogP contribution in [0, 0.1) is 5.82 Å². The van der Waals surface area contributed by atoms with Gasteiger partial charge in [0.2, 0.25) is 5.91 Å². The Bertz CT molecular complexity index is 677. The zero-order valence-corrected chi connectivity index (χ0v) is 14.0. The largest absolute Gasteiger partial charge is 0.325 e. The monoisotopic (exact) mass is 342 g/mol. The number of aromatic nitrogens is 3. The summed E-state index contributed by atoms with van der Waals surface area (Å²) in [5, 5.41) is 10.8. The second-order valence-corrected chi connectivity index (χ2v) is 6.71. The fourth-order valence-corrected chi connectivity index (χ4v) is 2.84. The van der Waals surface area contributed by atoms with E-state index in [-0.39, 0.29) is 22.2 Å². The van der Waals surface area contributed by atoms with Crippen molar-refractivity contribution >= 4 is 35.0 Å². The molecule has 22 heavy (non-hydrogen) atoms. The van der Waals surface area contributed by atoms with Crippen LogP contribution in [0.15, 0.2) is 29.7 Å². The summed E-state index contributed by atoms with van der Waals surface area (Å²) in [5.41, 5.74) is 0.453. The van der Waals surface area contributed by atoms with E-state index in [0.29, 0.717) is 10.8 Å². The molecule has 0 aliphatic rings. The van der Waals surface area contributed by atoms with E-state index in [9.17, 15) is 9.18 Å². The molecule has 1 heterocycles. The fraction of sp³-hybridized carbons (Fsp3) is 0.357. The van der Waals surface area contributed by atoms with Crippen LogP contribution in [0.3, 0.4) is 0 Å². The molecule has 118 valence electrons. The van der Waals surface area contributed by atoms with Gasteiger partial charge in [-0.2, -0.15) is 0 Å². The molecule has 8 heteroatoms. The summed E-state index contributed by atoms with van der Waals surface area (Å²) in [6, 6.07) is 4.27. The molecule has 0 aliphatic heterocycles. The topological polar surface area (TPSA) is 59.8 Å². The summed E-state index contributed by atoms with van der Waals surface area (Å²) >= 11 is 7.00. The van der Waals surface area contributed by atoms with Crippen LogP contribution in [0.4, 0.5) is 10.1 Å². The molecule has 0 radical (unpaired) electrons. The lowest BCUT2D eigenvalue weighted by molar-refractivity contribution is -0.115. The summed E-state index contributed by atoms with van der Waals surface area (Å²) in [6.45, 7) is 5.79. The molecule has 0 fully saturated rings. The normalized spacial score (nSPS) is 12.5. The Balaban J connectivity index is 2.02. The van der Waals surface area contributed by atoms with Gasteiger partial charge >= 0.3 is 0 Å². The Hall–Kier alpha value is -1.60. The van der Waals surface area contributed by atoms with Gasteiger partial charge in [-0.05, 0) is 39.0 Å². The van der Waals surface area contributed by atoms with E-state index in [1.165, 1.54) is 30.0 Å². The number of rotatable bonds is 5. The number of amides is 1. The van der Waals surface area contributed by atoms with Gasteiger partial charge in [0.15, 0.2) is 5.16 Å². The molecule has 1 aromatic carbocycles. The number of nitrogens with zero attached hydrogens (tertiary/aromatic N) is 3. The fourth-order valence-electron chi connectivity index (χ4n) is 1.70. The van der Waals surface area contributed by atoms with Crippen LogP contribution >= 0.6 is 23.4 Å². The summed E-state index contributed by atoms with van der Waals surface area (Å²) in [4.78, 5) is 12.2. The van der Waals surface area contributed by atoms with Crippen LogP contribution in [0.5, 0.6) is 0 Å². The van der Waals surface area contributed by atoms with Gasteiger partial charge in [0, 0.05) is 11.7 Å². The lowest BCUT2D eigenvalue weighted by Gasteiger charge is -2.14. The first-order valence-electron chi connectivity index (χ1n) is 6.70. The molecule has 0 bridgehead atoms. The SMILES string of the molecule is CC(C)n1cnnc1S[C@H](C)C(=O)Nc1ccc(F)c(Cl)c1. The van der Waals surface area contributed by atoms with Gasteiger partial charge < -0.3 is 9.88 Å². The van der Waals surface area contributed by atoms with Gasteiger partial charge in [0.1, 0.15) is 12.1 Å². The predicted molar refractivity (Wildman–Crippen MR) is 85.8 cm³/mol. The highest BCUT2D eigenvalue weighted by Crippen LogP contribution is 2.25. The molecule has 0 spiro atoms. The molecule has 1 N–H and O–H groups in total. The average molecular weight is 343 g/mol. The average Bonchev–Trinajstić information content (AvgIpc) is 2.91. The molecular weight excluding hydrogens is 327 g/mol. The van der Waals surface area contributed by atoms with Crippen LogP contribution < -0.4 is 5.32 Å². The van der Waals surface area contributed by atoms with Crippen LogP contribution in [0.2, 0.25) is 5.02 Å². The highest BCUT2D eigenvalue weighted by molar-refractivity contribution is 8.00. The van der Waals surface area contributed by atoms with Crippen molar-refractivity contribution in [2.45, 2.75) is 37.2 Å². The molecule has 1 atom stereocenters. The van der Waals surface area contributed by atoms with E-state index in [1.807, 2.05) is 18.4 Å². The lowest BCUT2D eigenvalue weighted by atomic mass is 10.3. The molecule has 1 amide bonds. The second kappa shape index (κ2) is 7.11. The zero-order chi connectivity index (χ0) is 16.3. The van der Waals surface area contributed by atoms with Crippen molar-refractivity contribution in [1.82, 2.24) is 14.8 Å². The summed E-state index contributed by atoms with van der Waals surface area (Å²) in [6.07, 6.45) is 1.64. The number of carbonyl (C=O) groups is 1. The number of nitrogens with one attached hydrogen (secondary N) is 1. The highest BCUT2D eigenvalue weighted by atomic mass is 35.5. The third-order valence-corrected chi connectivity index (χ3v) is 4.30. The van der Waals surface area contributed by atoms with Gasteiger partial charge in [-0.3, -0.25) is 4.79 Å². The first kappa shape index (κ1) is 16.8. The molecule has 5 nitrogen and oxygen atoms in total. The summed E-state index contributed by atoms with van der Waals surface area (Å²) in [5.74, 6) is -0.738. The van der Waals surface area contributed by atoms with Gasteiger partial charge in [-0.15, -0.1) is 10.2 Å². The van der Waals surface area contributed by atoms with Crippen molar-refractivity contribution < 1.29 is 9.18 Å². The maximum atomic E-state index is 13.1. The molecule has 0 saturated heterocycles. The Labute approximate surface area is 137 Å². The van der Waals surface area contributed by atoms with Gasteiger partial charge in [-0.25, -0.2) is 4.39 Å². The van der Waals surface area contributed by atoms with Gasteiger partial charge in [-0.1, -0.05) is 23.4 Å². The lowest BCUT2D eigenvalue weighted by Crippen LogP contribution is -2.23. The number of hydrogen-bond donors (Lipinski definition) is 1. The third kappa shape index (κ3) is 3.98. The minimum atomic E-state index is -0.521. The number of thioether (sulfide) groups is 1. The van der Waals surface area contributed by atoms with Crippen LogP contribution in [-0.2, 0) is 4.79 Å². The Morgan fingerprint density at radius 2 is 2.14 bits per heavy atom. The molecule has 0 saturated carbocycles. The Morgan fingerprint density at radius 1 is 1.41 bits per heavy atom. The van der Waals surface area contributed by atoms with Crippen LogP contribution in [0.1, 0.15) is 26.8 Å². The van der Waals surface area contributed by atoms with Gasteiger partial charge in [0.25, 0.3) is 0 Å². The van der Waals surface area contributed by atoms with E-state index < -0.39 is 5.82 Å². The van der Waals surface area contributed by atoms with Crippen LogP contribution in [0.25, 0.3) is 0 Å². The first-order chi connectivity index (χ1) is 10.4. The minimum absolute atomic E-state index is 0.0299. The number of carbonyl (C=O) groups excluding carboxylic acids is 1. The Kier molecular flexibility index (Phi) is 5.42. The quantitative estimate of drug-likeness (QED) is 0.840. The maximum absolute atomic E-state index is 13.1. The van der Waals surface area contributed by atoms with E-state index >= 15 is 0 Å². The van der Waals surface area contributed by atoms with Crippen molar-refractivity contribution in [3.63, 3.8) is 0 Å². The second-order valence-electron chi connectivity index (χ2n) is 4.99. The number of benzene rings is 1.